The summed E-state index contributed by atoms with van der Waals surface area (Å²) in [6, 6.07) is 15.8. The Kier molecular flexibility index (Phi) is 13.7. The standard InChI is InChI=1S/C54H60N4O8/c1-34-8-5-6-18-54(34)19-15-45(66-36(3)61)26-44(63)27-50(39-12-14-51(64)52(24-39)65-4)57-31-47-40(33-59)11-13-49(48(47)32-57)58(21-17-35(2)60)53-25-38(16-20-56-53)46(37-9-7-10-43(62)22-37)23-41-29-55-30-42(41)28-54/h5-14,16,18,22,24-25,29-32,34,45-46,50,55-56,59,62,64H,15,17,19-21,23,26-28,33H2,1-4H3. The van der Waals surface area contributed by atoms with Crippen molar-refractivity contribution in [2.24, 2.45) is 11.3 Å². The number of anilines is 1. The molecule has 2 aromatic heterocycles. The lowest BCUT2D eigenvalue weighted by atomic mass is 9.66. The number of aliphatic hydroxyl groups excluding tert-OH is 1. The average Bonchev–Trinajstić information content (AvgIpc) is 3.94. The van der Waals surface area contributed by atoms with Gasteiger partial charge in [-0.3, -0.25) is 14.4 Å². The molecule has 0 fully saturated rings. The molecule has 3 aliphatic rings. The van der Waals surface area contributed by atoms with Crippen LogP contribution in [0.5, 0.6) is 17.2 Å². The number of carbonyl (C=O) groups excluding carboxylic acids is 3. The van der Waals surface area contributed by atoms with Crippen molar-refractivity contribution >= 4 is 34.0 Å². The number of ether oxygens (including phenoxy) is 2. The minimum atomic E-state index is -0.680. The van der Waals surface area contributed by atoms with E-state index in [1.165, 1.54) is 14.0 Å². The number of phenols is 2. The summed E-state index contributed by atoms with van der Waals surface area (Å²) in [4.78, 5) is 45.5. The van der Waals surface area contributed by atoms with Gasteiger partial charge in [-0.2, -0.15) is 0 Å². The van der Waals surface area contributed by atoms with Crippen molar-refractivity contribution in [3.63, 3.8) is 0 Å². The second-order valence-electron chi connectivity index (χ2n) is 18.1. The van der Waals surface area contributed by atoms with Gasteiger partial charge in [0.25, 0.3) is 0 Å². The minimum absolute atomic E-state index is 0.00198. The van der Waals surface area contributed by atoms with Crippen molar-refractivity contribution in [2.45, 2.75) is 90.4 Å². The number of nitrogens with zero attached hydrogens (tertiary/aromatic N) is 2. The fraction of sp³-hybridized carbons (Fsp3) is 0.352. The molecule has 1 aliphatic carbocycles. The largest absolute Gasteiger partial charge is 0.508 e. The number of aliphatic hydroxyl groups is 1. The number of H-pyrrole nitrogens is 1. The van der Waals surface area contributed by atoms with E-state index in [4.69, 9.17) is 9.47 Å². The van der Waals surface area contributed by atoms with Gasteiger partial charge in [0.2, 0.25) is 0 Å². The van der Waals surface area contributed by atoms with Crippen LogP contribution in [0.25, 0.3) is 10.8 Å². The second-order valence-corrected chi connectivity index (χ2v) is 18.1. The van der Waals surface area contributed by atoms with Gasteiger partial charge >= 0.3 is 5.97 Å². The number of hydrogen-bond acceptors (Lipinski definition) is 10. The van der Waals surface area contributed by atoms with E-state index in [0.717, 1.165) is 44.5 Å². The number of esters is 1. The molecule has 4 heterocycles. The van der Waals surface area contributed by atoms with Crippen molar-refractivity contribution in [3.8, 4) is 17.2 Å². The lowest BCUT2D eigenvalue weighted by molar-refractivity contribution is -0.148. The Morgan fingerprint density at radius 1 is 0.939 bits per heavy atom. The van der Waals surface area contributed by atoms with Crippen LogP contribution in [-0.2, 0) is 38.6 Å². The number of aromatic amines is 1. The zero-order valence-electron chi connectivity index (χ0n) is 38.1. The molecule has 1 spiro atoms. The number of hydrogen-bond donors (Lipinski definition) is 5. The van der Waals surface area contributed by atoms with Crippen LogP contribution in [0, 0.1) is 11.3 Å². The Morgan fingerprint density at radius 3 is 2.52 bits per heavy atom. The first-order chi connectivity index (χ1) is 31.8. The summed E-state index contributed by atoms with van der Waals surface area (Å²) in [5, 5.41) is 37.4. The molecule has 4 bridgehead atoms. The topological polar surface area (TPSA) is 166 Å². The van der Waals surface area contributed by atoms with E-state index in [9.17, 15) is 29.7 Å². The number of nitrogens with one attached hydrogen (secondary N) is 2. The van der Waals surface area contributed by atoms with E-state index in [1.807, 2.05) is 41.2 Å². The normalized spacial score (nSPS) is 22.6. The Labute approximate surface area is 385 Å². The smallest absolute Gasteiger partial charge is 0.302 e. The molecular formula is C54H60N4O8. The van der Waals surface area contributed by atoms with E-state index in [-0.39, 0.29) is 71.9 Å². The first-order valence-corrected chi connectivity index (χ1v) is 22.9. The van der Waals surface area contributed by atoms with Crippen molar-refractivity contribution in [2.75, 3.05) is 25.1 Å². The Bertz CT molecular complexity index is 2740. The number of methoxy groups -OCH3 is 1. The fourth-order valence-corrected chi connectivity index (χ4v) is 10.1. The first kappa shape index (κ1) is 45.8. The number of allylic oxidation sites excluding steroid dienone is 6. The van der Waals surface area contributed by atoms with E-state index in [0.29, 0.717) is 49.9 Å². The van der Waals surface area contributed by atoms with E-state index < -0.39 is 18.1 Å². The van der Waals surface area contributed by atoms with Gasteiger partial charge in [0.15, 0.2) is 11.5 Å². The first-order valence-electron chi connectivity index (χ1n) is 22.9. The van der Waals surface area contributed by atoms with Crippen LogP contribution in [0.1, 0.15) is 92.7 Å². The Balaban J connectivity index is 1.33. The molecule has 8 rings (SSSR count). The van der Waals surface area contributed by atoms with Gasteiger partial charge in [0.1, 0.15) is 29.2 Å². The number of Topliss-reactive ketones (excluding diaryl/α,β-unsaturated/α-hetero) is 2. The maximum Gasteiger partial charge on any atom is 0.302 e. The number of aromatic nitrogens is 2. The predicted molar refractivity (Wildman–Crippen MR) is 255 cm³/mol. The van der Waals surface area contributed by atoms with Gasteiger partial charge in [0.05, 0.1) is 25.4 Å². The van der Waals surface area contributed by atoms with Gasteiger partial charge < -0.3 is 44.6 Å². The maximum absolute atomic E-state index is 14.6. The minimum Gasteiger partial charge on any atom is -0.508 e. The van der Waals surface area contributed by atoms with Crippen molar-refractivity contribution in [1.82, 2.24) is 14.9 Å². The molecule has 3 aromatic carbocycles. The Hall–Kier alpha value is -6.79. The molecule has 12 heteroatoms. The number of dihydropyridines is 1. The van der Waals surface area contributed by atoms with Gasteiger partial charge in [-0.1, -0.05) is 61.6 Å². The van der Waals surface area contributed by atoms with Gasteiger partial charge in [-0.25, -0.2) is 0 Å². The number of aromatic hydroxyl groups is 2. The monoisotopic (exact) mass is 892 g/mol. The molecule has 0 saturated carbocycles. The van der Waals surface area contributed by atoms with Gasteiger partial charge in [0, 0.05) is 80.8 Å². The number of fused-ring (bicyclic) bond motifs is 3. The molecule has 0 amide bonds. The fourth-order valence-electron chi connectivity index (χ4n) is 10.1. The molecule has 5 atom stereocenters. The summed E-state index contributed by atoms with van der Waals surface area (Å²) >= 11 is 0. The van der Waals surface area contributed by atoms with Crippen molar-refractivity contribution < 1.29 is 39.2 Å². The number of rotatable bonds is 8. The summed E-state index contributed by atoms with van der Waals surface area (Å²) in [6.45, 7) is 5.81. The highest BCUT2D eigenvalue weighted by Gasteiger charge is 2.37. The lowest BCUT2D eigenvalue weighted by Crippen LogP contribution is -2.35. The summed E-state index contributed by atoms with van der Waals surface area (Å²) in [5.41, 5.74) is 6.13. The van der Waals surface area contributed by atoms with Crippen LogP contribution < -0.4 is 15.0 Å². The molecule has 5 aromatic rings. The van der Waals surface area contributed by atoms with Crippen LogP contribution in [0.2, 0.25) is 0 Å². The number of ketones is 2. The van der Waals surface area contributed by atoms with Crippen LogP contribution in [-0.4, -0.2) is 68.7 Å². The average molecular weight is 893 g/mol. The van der Waals surface area contributed by atoms with Crippen LogP contribution >= 0.6 is 0 Å². The van der Waals surface area contributed by atoms with E-state index in [2.05, 4.69) is 77.0 Å². The van der Waals surface area contributed by atoms with Crippen molar-refractivity contribution in [1.29, 1.82) is 0 Å². The summed E-state index contributed by atoms with van der Waals surface area (Å²) in [7, 11) is 1.48. The van der Waals surface area contributed by atoms with Crippen molar-refractivity contribution in [3.05, 3.63) is 155 Å². The third-order valence-electron chi connectivity index (χ3n) is 13.8. The number of carbonyl (C=O) groups is 3. The lowest BCUT2D eigenvalue weighted by Gasteiger charge is -2.38. The summed E-state index contributed by atoms with van der Waals surface area (Å²) < 4.78 is 13.5. The van der Waals surface area contributed by atoms with Gasteiger partial charge in [-0.05, 0) is 114 Å². The molecule has 5 N–H and O–H groups in total. The zero-order chi connectivity index (χ0) is 46.5. The molecule has 66 heavy (non-hydrogen) atoms. The zero-order valence-corrected chi connectivity index (χ0v) is 38.1. The van der Waals surface area contributed by atoms with Crippen LogP contribution in [0.3, 0.4) is 0 Å². The highest BCUT2D eigenvalue weighted by Crippen LogP contribution is 2.45. The SMILES string of the molecule is COc1cc(C2CC(=O)CC(OC(C)=O)CCC3(C=CC=CC3C)Cc3c[nH]cc3CC(c3cccc(O)c3)C3=CCNC(=C3)N(CCC(C)=O)c3ccc(CO)c4cn2cc34)ccc1O. The highest BCUT2D eigenvalue weighted by atomic mass is 16.5. The summed E-state index contributed by atoms with van der Waals surface area (Å²) in [6.07, 6.45) is 23.1. The molecule has 344 valence electrons. The van der Waals surface area contributed by atoms with Crippen LogP contribution in [0.4, 0.5) is 5.69 Å². The quantitative estimate of drug-likeness (QED) is 0.0950. The molecule has 0 saturated heterocycles. The number of phenolic OH excluding ortho intramolecular Hbond substituents is 2. The third-order valence-corrected chi connectivity index (χ3v) is 13.8. The molecule has 5 unspecified atom stereocenters. The molecule has 2 aliphatic heterocycles. The van der Waals surface area contributed by atoms with E-state index >= 15 is 0 Å². The second kappa shape index (κ2) is 19.8. The van der Waals surface area contributed by atoms with Gasteiger partial charge in [-0.15, -0.1) is 0 Å². The predicted octanol–water partition coefficient (Wildman–Crippen LogP) is 9.02. The highest BCUT2D eigenvalue weighted by molar-refractivity contribution is 5.97. The number of benzene rings is 3. The van der Waals surface area contributed by atoms with E-state index in [1.54, 1.807) is 31.2 Å². The Morgan fingerprint density at radius 2 is 1.76 bits per heavy atom. The molecule has 12 nitrogen and oxygen atoms in total. The molecular weight excluding hydrogens is 833 g/mol. The summed E-state index contributed by atoms with van der Waals surface area (Å²) in [5.74, 6) is 0.621. The maximum atomic E-state index is 14.6. The molecule has 0 radical (unpaired) electrons. The third kappa shape index (κ3) is 9.89. The van der Waals surface area contributed by atoms with Crippen LogP contribution in [0.15, 0.2) is 127 Å².